The van der Waals surface area contributed by atoms with Gasteiger partial charge in [-0.15, -0.1) is 0 Å². The number of aromatic nitrogens is 2. The molecule has 0 aliphatic carbocycles. The standard InChI is InChI=1S/C17H16ClN2.Na/c1-12(2)9-13-11-20(17-5-3-4-8-19-17)16-10-14(18)6-7-15(13)16;/h3-7,10-12H,9H2,1-2H3;. The molecule has 0 fully saturated rings. The van der Waals surface area contributed by atoms with Crippen molar-refractivity contribution >= 4 is 53.4 Å². The summed E-state index contributed by atoms with van der Waals surface area (Å²) in [4.78, 5) is 4.70. The molecular weight excluding hydrogens is 291 g/mol. The zero-order valence-electron chi connectivity index (χ0n) is 12.6. The molecular formula is C17H16ClN2Na. The molecule has 0 unspecified atom stereocenters. The van der Waals surface area contributed by atoms with Gasteiger partial charge in [-0.3, -0.25) is 0 Å². The molecule has 2 aromatic heterocycles. The molecule has 0 saturated carbocycles. The Balaban J connectivity index is 2.24. The number of hydrogen-bond acceptors (Lipinski definition) is 1. The molecule has 0 atom stereocenters. The summed E-state index contributed by atoms with van der Waals surface area (Å²) in [5.41, 5.74) is 2.50. The molecule has 2 nitrogen and oxygen atoms in total. The van der Waals surface area contributed by atoms with Gasteiger partial charge in [0.15, 0.2) is 0 Å². The van der Waals surface area contributed by atoms with Crippen LogP contribution in [0, 0.1) is 5.92 Å². The second-order valence-electron chi connectivity index (χ2n) is 5.92. The van der Waals surface area contributed by atoms with Crippen molar-refractivity contribution in [1.82, 2.24) is 9.55 Å². The second-order valence-corrected chi connectivity index (χ2v) is 7.38. The number of pyridine rings is 1. The van der Waals surface area contributed by atoms with E-state index in [4.69, 9.17) is 16.6 Å². The van der Waals surface area contributed by atoms with Crippen LogP contribution < -0.4 is 2.94 Å². The molecule has 0 spiro atoms. The van der Waals surface area contributed by atoms with E-state index in [0.717, 1.165) is 53.7 Å². The van der Waals surface area contributed by atoms with Crippen molar-refractivity contribution in [1.29, 1.82) is 0 Å². The van der Waals surface area contributed by atoms with Gasteiger partial charge in [0.25, 0.3) is 0 Å². The summed E-state index contributed by atoms with van der Waals surface area (Å²) >= 11 is 7.15. The van der Waals surface area contributed by atoms with Crippen molar-refractivity contribution in [3.63, 3.8) is 0 Å². The molecule has 0 aliphatic rings. The third kappa shape index (κ3) is 3.19. The van der Waals surface area contributed by atoms with Gasteiger partial charge in [0, 0.05) is 0 Å². The van der Waals surface area contributed by atoms with Crippen molar-refractivity contribution in [2.45, 2.75) is 20.3 Å². The first-order chi connectivity index (χ1) is 10.0. The summed E-state index contributed by atoms with van der Waals surface area (Å²) < 4.78 is 3.32. The van der Waals surface area contributed by atoms with E-state index in [1.807, 2.05) is 12.1 Å². The van der Waals surface area contributed by atoms with Gasteiger partial charge >= 0.3 is 148 Å². The predicted molar refractivity (Wildman–Crippen MR) is 90.0 cm³/mol. The van der Waals surface area contributed by atoms with Crippen LogP contribution in [0.25, 0.3) is 16.7 Å². The summed E-state index contributed by atoms with van der Waals surface area (Å²) in [6, 6.07) is 12.3. The predicted octanol–water partition coefficient (Wildman–Crippen LogP) is 3.67. The summed E-state index contributed by atoms with van der Waals surface area (Å²) in [6.07, 6.45) is 3.27. The summed E-state index contributed by atoms with van der Waals surface area (Å²) in [6.45, 7) is 4.49. The first-order valence-electron chi connectivity index (χ1n) is 7.28. The monoisotopic (exact) mass is 306 g/mol. The van der Waals surface area contributed by atoms with E-state index in [2.05, 4.69) is 48.9 Å². The quantitative estimate of drug-likeness (QED) is 0.675. The van der Waals surface area contributed by atoms with Crippen LogP contribution >= 0.6 is 11.6 Å². The van der Waals surface area contributed by atoms with Crippen LogP contribution in [0.5, 0.6) is 0 Å². The van der Waals surface area contributed by atoms with E-state index in [0.29, 0.717) is 5.92 Å². The fourth-order valence-electron chi connectivity index (χ4n) is 2.73. The third-order valence-electron chi connectivity index (χ3n) is 3.60. The molecule has 0 saturated heterocycles. The maximum atomic E-state index is 6.20. The molecule has 0 amide bonds. The Hall–Kier alpha value is -0.800. The summed E-state index contributed by atoms with van der Waals surface area (Å²) in [5, 5.41) is 2.04. The number of rotatable bonds is 3. The molecule has 0 bridgehead atoms. The average molecular weight is 307 g/mol. The van der Waals surface area contributed by atoms with Crippen LogP contribution in [0.15, 0.2) is 42.6 Å². The van der Waals surface area contributed by atoms with Crippen LogP contribution in [-0.4, -0.2) is 37.5 Å². The Morgan fingerprint density at radius 2 is 2.05 bits per heavy atom. The van der Waals surface area contributed by atoms with Crippen LogP contribution in [0.1, 0.15) is 19.4 Å². The Bertz CT molecular complexity index is 793. The van der Waals surface area contributed by atoms with Gasteiger partial charge in [0.2, 0.25) is 0 Å². The van der Waals surface area contributed by atoms with E-state index >= 15 is 0 Å². The molecule has 4 heteroatoms. The Labute approximate surface area is 147 Å². The molecule has 2 heterocycles. The summed E-state index contributed by atoms with van der Waals surface area (Å²) in [5.74, 6) is 1.60. The van der Waals surface area contributed by atoms with Crippen molar-refractivity contribution in [2.24, 2.45) is 5.92 Å². The van der Waals surface area contributed by atoms with Gasteiger partial charge in [-0.25, -0.2) is 0 Å². The SMILES string of the molecule is CC(C)Cc1cn(-c2ccc[c]([Na])n2)c2cc(Cl)ccc12. The van der Waals surface area contributed by atoms with Gasteiger partial charge in [0.05, 0.1) is 0 Å². The van der Waals surface area contributed by atoms with Crippen LogP contribution in [0.3, 0.4) is 0 Å². The normalized spacial score (nSPS) is 11.5. The van der Waals surface area contributed by atoms with E-state index in [-0.39, 0.29) is 0 Å². The topological polar surface area (TPSA) is 17.8 Å². The first kappa shape index (κ1) is 15.1. The molecule has 0 N–H and O–H groups in total. The van der Waals surface area contributed by atoms with Gasteiger partial charge < -0.3 is 0 Å². The van der Waals surface area contributed by atoms with E-state index in [9.17, 15) is 0 Å². The van der Waals surface area contributed by atoms with E-state index in [1.165, 1.54) is 10.9 Å². The Kier molecular flexibility index (Phi) is 4.41. The van der Waals surface area contributed by atoms with Gasteiger partial charge in [-0.05, 0) is 0 Å². The molecule has 0 aliphatic heterocycles. The van der Waals surface area contributed by atoms with Crippen LogP contribution in [0.4, 0.5) is 0 Å². The number of nitrogens with zero attached hydrogens (tertiary/aromatic N) is 2. The molecule has 0 radical (unpaired) electrons. The molecule has 21 heavy (non-hydrogen) atoms. The molecule has 3 aromatic rings. The minimum absolute atomic E-state index is 0.623. The van der Waals surface area contributed by atoms with Gasteiger partial charge in [-0.2, -0.15) is 0 Å². The average Bonchev–Trinajstić information content (AvgIpc) is 2.76. The fourth-order valence-corrected chi connectivity index (χ4v) is 3.31. The fraction of sp³-hybridized carbons (Fsp3) is 0.235. The maximum absolute atomic E-state index is 6.20. The zero-order valence-corrected chi connectivity index (χ0v) is 15.4. The minimum atomic E-state index is 0.623. The van der Waals surface area contributed by atoms with E-state index in [1.54, 1.807) is 0 Å². The Morgan fingerprint density at radius 3 is 2.76 bits per heavy atom. The Morgan fingerprint density at radius 1 is 1.24 bits per heavy atom. The second kappa shape index (κ2) is 6.13. The van der Waals surface area contributed by atoms with Crippen molar-refractivity contribution in [3.05, 3.63) is 53.2 Å². The van der Waals surface area contributed by atoms with Crippen molar-refractivity contribution in [2.75, 3.05) is 0 Å². The van der Waals surface area contributed by atoms with Crippen molar-refractivity contribution in [3.8, 4) is 5.82 Å². The molecule has 102 valence electrons. The van der Waals surface area contributed by atoms with Gasteiger partial charge in [0.1, 0.15) is 0 Å². The third-order valence-corrected chi connectivity index (χ3v) is 4.39. The van der Waals surface area contributed by atoms with Crippen LogP contribution in [0.2, 0.25) is 5.02 Å². The number of hydrogen-bond donors (Lipinski definition) is 0. The molecule has 1 aromatic carbocycles. The number of benzene rings is 1. The zero-order chi connectivity index (χ0) is 15.0. The van der Waals surface area contributed by atoms with Gasteiger partial charge in [-0.1, -0.05) is 0 Å². The number of halogens is 1. The van der Waals surface area contributed by atoms with Crippen molar-refractivity contribution < 1.29 is 0 Å². The summed E-state index contributed by atoms with van der Waals surface area (Å²) in [7, 11) is 0. The van der Waals surface area contributed by atoms with E-state index < -0.39 is 0 Å². The molecule has 3 rings (SSSR count). The van der Waals surface area contributed by atoms with Crippen LogP contribution in [-0.2, 0) is 6.42 Å². The first-order valence-corrected chi connectivity index (χ1v) is 8.66. The number of fused-ring (bicyclic) bond motifs is 1.